The second kappa shape index (κ2) is 11.9. The maximum absolute atomic E-state index is 13.1. The van der Waals surface area contributed by atoms with Crippen molar-refractivity contribution < 1.29 is 19.0 Å². The predicted molar refractivity (Wildman–Crippen MR) is 136 cm³/mol. The molecule has 1 aromatic heterocycles. The van der Waals surface area contributed by atoms with Crippen LogP contribution in [0.15, 0.2) is 69.6 Å². The van der Waals surface area contributed by atoms with E-state index in [0.717, 1.165) is 10.5 Å². The summed E-state index contributed by atoms with van der Waals surface area (Å²) in [5.41, 5.74) is 7.35. The molecule has 3 aromatic rings. The van der Waals surface area contributed by atoms with Gasteiger partial charge in [0.15, 0.2) is 16.5 Å². The number of carbonyl (C=O) groups excluding carboxylic acids is 1. The molecule has 0 fully saturated rings. The molecule has 0 bridgehead atoms. The summed E-state index contributed by atoms with van der Waals surface area (Å²) < 4.78 is 18.2. The lowest BCUT2D eigenvalue weighted by Crippen LogP contribution is -2.39. The first-order valence-corrected chi connectivity index (χ1v) is 12.1. The van der Waals surface area contributed by atoms with Gasteiger partial charge in [-0.25, -0.2) is 4.98 Å². The van der Waals surface area contributed by atoms with Crippen molar-refractivity contribution in [2.45, 2.75) is 49.8 Å². The highest BCUT2D eigenvalue weighted by Crippen LogP contribution is 2.30. The Morgan fingerprint density at radius 2 is 1.83 bits per heavy atom. The lowest BCUT2D eigenvalue weighted by Gasteiger charge is -2.20. The van der Waals surface area contributed by atoms with Gasteiger partial charge < -0.3 is 19.9 Å². The second-order valence-corrected chi connectivity index (χ2v) is 9.55. The molecule has 8 nitrogen and oxygen atoms in total. The van der Waals surface area contributed by atoms with Crippen LogP contribution in [0.3, 0.4) is 0 Å². The number of aryl methyl sites for hydroxylation is 1. The summed E-state index contributed by atoms with van der Waals surface area (Å²) in [6.07, 6.45) is 2.70. The molecule has 0 saturated carbocycles. The van der Waals surface area contributed by atoms with E-state index in [1.165, 1.54) is 23.4 Å². The number of hydrogen-bond acceptors (Lipinski definition) is 8. The standard InChI is InChI=1S/C26H31N3O5S/c1-16(2)23(27)26(31)34-18(4)15-33-21-11-8-19(14-22(21)32-5)29-13-12-28-24(25(29)30)35-20-9-6-17(3)7-10-20/h6-14,16,18,23H,15,27H2,1-5H3/t18?,23-/m0/s1. The van der Waals surface area contributed by atoms with E-state index in [-0.39, 0.29) is 18.1 Å². The Bertz CT molecular complexity index is 1210. The quantitative estimate of drug-likeness (QED) is 0.419. The second-order valence-electron chi connectivity index (χ2n) is 8.49. The largest absolute Gasteiger partial charge is 0.493 e. The number of aromatic nitrogens is 2. The summed E-state index contributed by atoms with van der Waals surface area (Å²) in [6, 6.07) is 12.4. The van der Waals surface area contributed by atoms with Crippen molar-refractivity contribution >= 4 is 17.7 Å². The van der Waals surface area contributed by atoms with Crippen LogP contribution in [0.4, 0.5) is 0 Å². The Kier molecular flexibility index (Phi) is 8.95. The van der Waals surface area contributed by atoms with Crippen LogP contribution in [0, 0.1) is 12.8 Å². The van der Waals surface area contributed by atoms with E-state index < -0.39 is 18.1 Å². The summed E-state index contributed by atoms with van der Waals surface area (Å²) in [5.74, 6) is 0.422. The third kappa shape index (κ3) is 6.86. The van der Waals surface area contributed by atoms with E-state index >= 15 is 0 Å². The van der Waals surface area contributed by atoms with E-state index in [0.29, 0.717) is 22.2 Å². The first kappa shape index (κ1) is 26.3. The minimum Gasteiger partial charge on any atom is -0.493 e. The molecule has 2 atom stereocenters. The molecule has 0 amide bonds. The fraction of sp³-hybridized carbons (Fsp3) is 0.346. The highest BCUT2D eigenvalue weighted by molar-refractivity contribution is 7.99. The van der Waals surface area contributed by atoms with Gasteiger partial charge in [-0.15, -0.1) is 0 Å². The van der Waals surface area contributed by atoms with Gasteiger partial charge in [0.1, 0.15) is 18.8 Å². The zero-order chi connectivity index (χ0) is 25.5. The summed E-state index contributed by atoms with van der Waals surface area (Å²) in [5, 5.41) is 0.367. The van der Waals surface area contributed by atoms with E-state index in [2.05, 4.69) is 4.98 Å². The number of nitrogens with zero attached hydrogens (tertiary/aromatic N) is 2. The molecular weight excluding hydrogens is 466 g/mol. The van der Waals surface area contributed by atoms with Gasteiger partial charge in [-0.05, 0) is 44.0 Å². The highest BCUT2D eigenvalue weighted by atomic mass is 32.2. The number of esters is 1. The summed E-state index contributed by atoms with van der Waals surface area (Å²) in [4.78, 5) is 30.3. The Morgan fingerprint density at radius 1 is 1.11 bits per heavy atom. The molecule has 0 saturated heterocycles. The monoisotopic (exact) mass is 497 g/mol. The minimum absolute atomic E-state index is 0.0179. The average Bonchev–Trinajstić information content (AvgIpc) is 2.84. The van der Waals surface area contributed by atoms with Crippen molar-refractivity contribution in [3.63, 3.8) is 0 Å². The normalized spacial score (nSPS) is 12.8. The molecule has 0 aliphatic heterocycles. The van der Waals surface area contributed by atoms with Crippen molar-refractivity contribution in [1.29, 1.82) is 0 Å². The number of benzene rings is 2. The number of carbonyl (C=O) groups is 1. The molecule has 0 radical (unpaired) electrons. The van der Waals surface area contributed by atoms with Gasteiger partial charge in [0.2, 0.25) is 0 Å². The summed E-state index contributed by atoms with van der Waals surface area (Å²) >= 11 is 1.31. The van der Waals surface area contributed by atoms with Gasteiger partial charge in [-0.3, -0.25) is 14.2 Å². The minimum atomic E-state index is -0.681. The Hall–Kier alpha value is -3.30. The molecule has 1 heterocycles. The third-order valence-corrected chi connectivity index (χ3v) is 6.23. The van der Waals surface area contributed by atoms with Gasteiger partial charge in [0.05, 0.1) is 12.8 Å². The molecule has 0 aliphatic rings. The smallest absolute Gasteiger partial charge is 0.323 e. The highest BCUT2D eigenvalue weighted by Gasteiger charge is 2.21. The number of rotatable bonds is 10. The Labute approximate surface area is 209 Å². The number of methoxy groups -OCH3 is 1. The molecule has 3 rings (SSSR count). The molecule has 2 N–H and O–H groups in total. The molecule has 186 valence electrons. The van der Waals surface area contributed by atoms with Gasteiger partial charge in [0, 0.05) is 23.4 Å². The van der Waals surface area contributed by atoms with Crippen LogP contribution < -0.4 is 20.8 Å². The van der Waals surface area contributed by atoms with Crippen LogP contribution in [0.5, 0.6) is 11.5 Å². The molecular formula is C26H31N3O5S. The molecule has 0 aliphatic carbocycles. The van der Waals surface area contributed by atoms with Gasteiger partial charge in [-0.1, -0.05) is 43.3 Å². The van der Waals surface area contributed by atoms with E-state index in [1.54, 1.807) is 37.5 Å². The van der Waals surface area contributed by atoms with Gasteiger partial charge in [-0.2, -0.15) is 0 Å². The van der Waals surface area contributed by atoms with Crippen LogP contribution >= 0.6 is 11.8 Å². The zero-order valence-electron chi connectivity index (χ0n) is 20.6. The molecule has 2 aromatic carbocycles. The van der Waals surface area contributed by atoms with Gasteiger partial charge in [0.25, 0.3) is 5.56 Å². The Balaban J connectivity index is 1.74. The fourth-order valence-electron chi connectivity index (χ4n) is 3.10. The van der Waals surface area contributed by atoms with E-state index in [9.17, 15) is 9.59 Å². The maximum Gasteiger partial charge on any atom is 0.323 e. The number of ether oxygens (including phenoxy) is 3. The van der Waals surface area contributed by atoms with E-state index in [1.807, 2.05) is 45.0 Å². The summed E-state index contributed by atoms with van der Waals surface area (Å²) in [6.45, 7) is 7.59. The van der Waals surface area contributed by atoms with Crippen LogP contribution in [0.2, 0.25) is 0 Å². The lowest BCUT2D eigenvalue weighted by atomic mass is 10.1. The maximum atomic E-state index is 13.1. The third-order valence-electron chi connectivity index (χ3n) is 5.25. The molecule has 35 heavy (non-hydrogen) atoms. The predicted octanol–water partition coefficient (Wildman–Crippen LogP) is 3.99. The van der Waals surface area contributed by atoms with E-state index in [4.69, 9.17) is 19.9 Å². The van der Waals surface area contributed by atoms with Crippen LogP contribution in [0.25, 0.3) is 5.69 Å². The average molecular weight is 498 g/mol. The fourth-order valence-corrected chi connectivity index (χ4v) is 3.90. The number of hydrogen-bond donors (Lipinski definition) is 1. The first-order valence-electron chi connectivity index (χ1n) is 11.3. The van der Waals surface area contributed by atoms with Crippen LogP contribution in [-0.4, -0.2) is 41.4 Å². The van der Waals surface area contributed by atoms with Crippen LogP contribution in [-0.2, 0) is 9.53 Å². The van der Waals surface area contributed by atoms with Crippen molar-refractivity contribution in [2.24, 2.45) is 11.7 Å². The SMILES string of the molecule is COc1cc(-n2ccnc(Sc3ccc(C)cc3)c2=O)ccc1OCC(C)OC(=O)[C@@H](N)C(C)C. The topological polar surface area (TPSA) is 106 Å². The zero-order valence-corrected chi connectivity index (χ0v) is 21.4. The van der Waals surface area contributed by atoms with Crippen molar-refractivity contribution in [2.75, 3.05) is 13.7 Å². The van der Waals surface area contributed by atoms with Crippen molar-refractivity contribution in [1.82, 2.24) is 9.55 Å². The first-order chi connectivity index (χ1) is 16.7. The Morgan fingerprint density at radius 3 is 2.49 bits per heavy atom. The molecule has 0 spiro atoms. The number of nitrogens with two attached hydrogens (primary N) is 1. The molecule has 1 unspecified atom stereocenters. The van der Waals surface area contributed by atoms with Crippen molar-refractivity contribution in [3.05, 3.63) is 70.8 Å². The van der Waals surface area contributed by atoms with Crippen LogP contribution in [0.1, 0.15) is 26.3 Å². The van der Waals surface area contributed by atoms with Crippen molar-refractivity contribution in [3.8, 4) is 17.2 Å². The summed E-state index contributed by atoms with van der Waals surface area (Å²) in [7, 11) is 1.52. The lowest BCUT2D eigenvalue weighted by molar-refractivity contribution is -0.152. The molecule has 9 heteroatoms. The van der Waals surface area contributed by atoms with Gasteiger partial charge >= 0.3 is 5.97 Å².